The summed E-state index contributed by atoms with van der Waals surface area (Å²) in [7, 11) is 0. The van der Waals surface area contributed by atoms with Crippen molar-refractivity contribution in [1.29, 1.82) is 0 Å². The molecule has 0 radical (unpaired) electrons. The highest BCUT2D eigenvalue weighted by atomic mass is 16.5. The molecular formula is C17H20N2O5. The Morgan fingerprint density at radius 1 is 1.25 bits per heavy atom. The van der Waals surface area contributed by atoms with Gasteiger partial charge in [0.25, 0.3) is 5.91 Å². The lowest BCUT2D eigenvalue weighted by atomic mass is 10.2. The number of amides is 3. The minimum atomic E-state index is -0.729. The Kier molecular flexibility index (Phi) is 8.38. The van der Waals surface area contributed by atoms with Crippen molar-refractivity contribution in [2.75, 3.05) is 19.8 Å². The van der Waals surface area contributed by atoms with Crippen molar-refractivity contribution in [3.63, 3.8) is 0 Å². The number of benzene rings is 1. The highest BCUT2D eigenvalue weighted by Gasteiger charge is 2.09. The van der Waals surface area contributed by atoms with Gasteiger partial charge in [-0.25, -0.2) is 9.59 Å². The van der Waals surface area contributed by atoms with E-state index in [1.807, 2.05) is 24.4 Å². The molecule has 1 rings (SSSR count). The summed E-state index contributed by atoms with van der Waals surface area (Å²) in [4.78, 5) is 34.2. The lowest BCUT2D eigenvalue weighted by Gasteiger charge is -2.06. The quantitative estimate of drug-likeness (QED) is 0.429. The molecule has 0 aliphatic carbocycles. The van der Waals surface area contributed by atoms with E-state index in [-0.39, 0.29) is 6.54 Å². The van der Waals surface area contributed by atoms with E-state index < -0.39 is 24.5 Å². The summed E-state index contributed by atoms with van der Waals surface area (Å²) in [6.07, 6.45) is 4.18. The van der Waals surface area contributed by atoms with E-state index in [0.29, 0.717) is 17.9 Å². The first kappa shape index (κ1) is 19.0. The third-order valence-electron chi connectivity index (χ3n) is 2.62. The Bertz CT molecular complexity index is 625. The third-order valence-corrected chi connectivity index (χ3v) is 2.62. The number of ether oxygens (including phenoxy) is 2. The zero-order chi connectivity index (χ0) is 17.8. The second kappa shape index (κ2) is 10.6. The Labute approximate surface area is 140 Å². The topological polar surface area (TPSA) is 93.7 Å². The monoisotopic (exact) mass is 332 g/mol. The van der Waals surface area contributed by atoms with Gasteiger partial charge in [-0.3, -0.25) is 10.1 Å². The molecule has 2 N–H and O–H groups in total. The predicted octanol–water partition coefficient (Wildman–Crippen LogP) is 1.65. The van der Waals surface area contributed by atoms with Crippen LogP contribution in [0.2, 0.25) is 0 Å². The van der Waals surface area contributed by atoms with E-state index in [9.17, 15) is 14.4 Å². The number of urea groups is 1. The van der Waals surface area contributed by atoms with E-state index in [2.05, 4.69) is 11.9 Å². The first-order chi connectivity index (χ1) is 11.6. The molecule has 1 aromatic rings. The maximum Gasteiger partial charge on any atom is 0.331 e. The van der Waals surface area contributed by atoms with Gasteiger partial charge in [0.2, 0.25) is 0 Å². The maximum absolute atomic E-state index is 11.6. The highest BCUT2D eigenvalue weighted by molar-refractivity contribution is 5.96. The average molecular weight is 332 g/mol. The zero-order valence-electron chi connectivity index (χ0n) is 13.4. The van der Waals surface area contributed by atoms with Crippen LogP contribution in [0.3, 0.4) is 0 Å². The molecular weight excluding hydrogens is 312 g/mol. The summed E-state index contributed by atoms with van der Waals surface area (Å²) >= 11 is 0. The number of nitrogens with one attached hydrogen (secondary N) is 2. The van der Waals surface area contributed by atoms with Gasteiger partial charge >= 0.3 is 12.0 Å². The minimum Gasteiger partial charge on any atom is -0.493 e. The van der Waals surface area contributed by atoms with Gasteiger partial charge in [-0.2, -0.15) is 0 Å². The molecule has 0 aliphatic rings. The number of para-hydroxylation sites is 1. The molecule has 0 saturated carbocycles. The van der Waals surface area contributed by atoms with Crippen molar-refractivity contribution >= 4 is 24.0 Å². The van der Waals surface area contributed by atoms with Crippen LogP contribution in [0.25, 0.3) is 6.08 Å². The van der Waals surface area contributed by atoms with E-state index in [1.54, 1.807) is 12.1 Å². The molecule has 0 atom stereocenters. The van der Waals surface area contributed by atoms with Crippen LogP contribution in [0.1, 0.15) is 12.5 Å². The summed E-state index contributed by atoms with van der Waals surface area (Å²) in [6.45, 7) is 5.45. The van der Waals surface area contributed by atoms with Gasteiger partial charge in [-0.15, -0.1) is 6.58 Å². The summed E-state index contributed by atoms with van der Waals surface area (Å²) in [5.74, 6) is -0.795. The van der Waals surface area contributed by atoms with Crippen molar-refractivity contribution in [3.05, 3.63) is 48.6 Å². The zero-order valence-corrected chi connectivity index (χ0v) is 13.4. The SMILES string of the molecule is C=CCNC(=O)NC(=O)COC(=O)/C=C/c1ccccc1OCC. The first-order valence-corrected chi connectivity index (χ1v) is 7.32. The Hall–Kier alpha value is -3.09. The van der Waals surface area contributed by atoms with Gasteiger partial charge in [-0.05, 0) is 19.1 Å². The van der Waals surface area contributed by atoms with Crippen molar-refractivity contribution in [2.45, 2.75) is 6.92 Å². The van der Waals surface area contributed by atoms with Gasteiger partial charge in [0.05, 0.1) is 6.61 Å². The normalized spacial score (nSPS) is 10.0. The van der Waals surface area contributed by atoms with Crippen LogP contribution in [0.4, 0.5) is 4.79 Å². The van der Waals surface area contributed by atoms with Gasteiger partial charge in [0.15, 0.2) is 6.61 Å². The number of rotatable bonds is 8. The number of imide groups is 1. The molecule has 0 aliphatic heterocycles. The number of esters is 1. The summed E-state index contributed by atoms with van der Waals surface area (Å²) in [5, 5.41) is 4.37. The van der Waals surface area contributed by atoms with Crippen LogP contribution in [-0.4, -0.2) is 37.7 Å². The molecule has 0 unspecified atom stereocenters. The lowest BCUT2D eigenvalue weighted by Crippen LogP contribution is -2.41. The molecule has 0 heterocycles. The van der Waals surface area contributed by atoms with Gasteiger partial charge in [0.1, 0.15) is 5.75 Å². The summed E-state index contributed by atoms with van der Waals surface area (Å²) < 4.78 is 10.2. The van der Waals surface area contributed by atoms with Crippen LogP contribution in [-0.2, 0) is 14.3 Å². The largest absolute Gasteiger partial charge is 0.493 e. The van der Waals surface area contributed by atoms with Crippen LogP contribution in [0.15, 0.2) is 43.0 Å². The fourth-order valence-electron chi connectivity index (χ4n) is 1.62. The Balaban J connectivity index is 2.45. The van der Waals surface area contributed by atoms with E-state index in [1.165, 1.54) is 18.2 Å². The second-order valence-corrected chi connectivity index (χ2v) is 4.46. The van der Waals surface area contributed by atoms with E-state index in [4.69, 9.17) is 9.47 Å². The molecule has 3 amide bonds. The molecule has 0 aromatic heterocycles. The lowest BCUT2D eigenvalue weighted by molar-refractivity contribution is -0.143. The van der Waals surface area contributed by atoms with E-state index in [0.717, 1.165) is 0 Å². The van der Waals surface area contributed by atoms with Gasteiger partial charge < -0.3 is 14.8 Å². The Morgan fingerprint density at radius 2 is 2.00 bits per heavy atom. The number of carbonyl (C=O) groups is 3. The number of hydrogen-bond donors (Lipinski definition) is 2. The smallest absolute Gasteiger partial charge is 0.331 e. The standard InChI is InChI=1S/C17H20N2O5/c1-3-11-18-17(22)19-15(20)12-24-16(21)10-9-13-7-5-6-8-14(13)23-4-2/h3,5-10H,1,4,11-12H2,2H3,(H2,18,19,20,22)/b10-9+. The molecule has 0 bridgehead atoms. The van der Waals surface area contributed by atoms with Crippen LogP contribution in [0, 0.1) is 0 Å². The van der Waals surface area contributed by atoms with Crippen LogP contribution >= 0.6 is 0 Å². The number of hydrogen-bond acceptors (Lipinski definition) is 5. The first-order valence-electron chi connectivity index (χ1n) is 7.32. The number of carbonyl (C=O) groups excluding carboxylic acids is 3. The molecule has 128 valence electrons. The van der Waals surface area contributed by atoms with Gasteiger partial charge in [-0.1, -0.05) is 24.3 Å². The van der Waals surface area contributed by atoms with Crippen molar-refractivity contribution in [2.24, 2.45) is 0 Å². The molecule has 7 heteroatoms. The van der Waals surface area contributed by atoms with Crippen molar-refractivity contribution < 1.29 is 23.9 Å². The second-order valence-electron chi connectivity index (χ2n) is 4.46. The van der Waals surface area contributed by atoms with Crippen molar-refractivity contribution in [1.82, 2.24) is 10.6 Å². The maximum atomic E-state index is 11.6. The van der Waals surface area contributed by atoms with E-state index >= 15 is 0 Å². The molecule has 0 saturated heterocycles. The molecule has 0 spiro atoms. The molecule has 7 nitrogen and oxygen atoms in total. The highest BCUT2D eigenvalue weighted by Crippen LogP contribution is 2.19. The summed E-state index contributed by atoms with van der Waals surface area (Å²) in [5.41, 5.74) is 0.713. The van der Waals surface area contributed by atoms with Crippen LogP contribution in [0.5, 0.6) is 5.75 Å². The average Bonchev–Trinajstić information content (AvgIpc) is 2.57. The Morgan fingerprint density at radius 3 is 2.71 bits per heavy atom. The molecule has 1 aromatic carbocycles. The molecule has 24 heavy (non-hydrogen) atoms. The predicted molar refractivity (Wildman–Crippen MR) is 89.3 cm³/mol. The van der Waals surface area contributed by atoms with Gasteiger partial charge in [0, 0.05) is 18.2 Å². The fourth-order valence-corrected chi connectivity index (χ4v) is 1.62. The minimum absolute atomic E-state index is 0.223. The van der Waals surface area contributed by atoms with Crippen LogP contribution < -0.4 is 15.4 Å². The molecule has 0 fully saturated rings. The summed E-state index contributed by atoms with van der Waals surface area (Å²) in [6, 6.07) is 6.51. The third kappa shape index (κ3) is 7.26. The fraction of sp³-hybridized carbons (Fsp3) is 0.235. The van der Waals surface area contributed by atoms with Crippen molar-refractivity contribution in [3.8, 4) is 5.75 Å².